The maximum Gasteiger partial charge on any atom is 0.241 e. The summed E-state index contributed by atoms with van der Waals surface area (Å²) in [6.45, 7) is 4.21. The highest BCUT2D eigenvalue weighted by atomic mass is 35.5. The van der Waals surface area contributed by atoms with Crippen LogP contribution in [0.25, 0.3) is 0 Å². The Morgan fingerprint density at radius 3 is 2.55 bits per heavy atom. The van der Waals surface area contributed by atoms with Crippen molar-refractivity contribution in [3.63, 3.8) is 0 Å². The molecule has 0 unspecified atom stereocenters. The Morgan fingerprint density at radius 1 is 1.27 bits per heavy atom. The Hall–Kier alpha value is -1.17. The van der Waals surface area contributed by atoms with Crippen LogP contribution in [0.2, 0.25) is 0 Å². The molecule has 0 saturated carbocycles. The van der Waals surface area contributed by atoms with Crippen molar-refractivity contribution < 1.29 is 9.53 Å². The first-order valence-electron chi connectivity index (χ1n) is 7.13. The summed E-state index contributed by atoms with van der Waals surface area (Å²) in [7, 11) is 1.64. The molecule has 7 heteroatoms. The highest BCUT2D eigenvalue weighted by Crippen LogP contribution is 2.27. The summed E-state index contributed by atoms with van der Waals surface area (Å²) < 4.78 is 5.27. The number of nitrogens with one attached hydrogen (secondary N) is 2. The molecule has 0 bridgehead atoms. The quantitative estimate of drug-likeness (QED) is 0.869. The molecule has 2 fully saturated rings. The van der Waals surface area contributed by atoms with Crippen LogP contribution in [0.15, 0.2) is 24.3 Å². The van der Waals surface area contributed by atoms with E-state index < -0.39 is 0 Å². The van der Waals surface area contributed by atoms with Crippen LogP contribution in [0.1, 0.15) is 0 Å². The van der Waals surface area contributed by atoms with Crippen LogP contribution in [-0.2, 0) is 4.79 Å². The zero-order valence-electron chi connectivity index (χ0n) is 12.6. The highest BCUT2D eigenvalue weighted by Gasteiger charge is 2.37. The largest absolute Gasteiger partial charge is 0.495 e. The summed E-state index contributed by atoms with van der Waals surface area (Å²) in [6, 6.07) is 7.66. The standard InChI is InChI=1S/C15H21N3O2.2ClH/c1-20-14-5-3-2-4-13(14)17-8-15(19)18-9-11-6-16-7-12(11)10-18;;/h2-5,11-12,16-17H,6-10H2,1H3;2*1H/t11-,12+;;. The van der Waals surface area contributed by atoms with E-state index in [2.05, 4.69) is 10.6 Å². The van der Waals surface area contributed by atoms with Crippen molar-refractivity contribution in [2.75, 3.05) is 45.2 Å². The molecule has 0 aliphatic carbocycles. The fourth-order valence-corrected chi connectivity index (χ4v) is 3.13. The first-order chi connectivity index (χ1) is 9.78. The van der Waals surface area contributed by atoms with Crippen molar-refractivity contribution in [2.45, 2.75) is 0 Å². The zero-order valence-corrected chi connectivity index (χ0v) is 14.2. The van der Waals surface area contributed by atoms with Gasteiger partial charge in [-0.05, 0) is 24.0 Å². The minimum absolute atomic E-state index is 0. The summed E-state index contributed by atoms with van der Waals surface area (Å²) in [4.78, 5) is 14.2. The molecule has 1 amide bonds. The summed E-state index contributed by atoms with van der Waals surface area (Å²) in [6.07, 6.45) is 0. The lowest BCUT2D eigenvalue weighted by Gasteiger charge is -2.18. The molecule has 2 aliphatic heterocycles. The number of benzene rings is 1. The Kier molecular flexibility index (Phi) is 7.26. The van der Waals surface area contributed by atoms with Crippen LogP contribution in [0.3, 0.4) is 0 Å². The molecule has 2 heterocycles. The van der Waals surface area contributed by atoms with Gasteiger partial charge in [0.2, 0.25) is 5.91 Å². The van der Waals surface area contributed by atoms with Gasteiger partial charge in [-0.3, -0.25) is 4.79 Å². The maximum atomic E-state index is 12.3. The van der Waals surface area contributed by atoms with E-state index in [1.54, 1.807) is 7.11 Å². The number of hydrogen-bond acceptors (Lipinski definition) is 4. The molecule has 124 valence electrons. The van der Waals surface area contributed by atoms with Gasteiger partial charge in [-0.2, -0.15) is 0 Å². The van der Waals surface area contributed by atoms with E-state index in [-0.39, 0.29) is 30.7 Å². The van der Waals surface area contributed by atoms with Crippen LogP contribution in [0.4, 0.5) is 5.69 Å². The van der Waals surface area contributed by atoms with Gasteiger partial charge in [0.15, 0.2) is 0 Å². The van der Waals surface area contributed by atoms with E-state index in [1.165, 1.54) is 0 Å². The van der Waals surface area contributed by atoms with Gasteiger partial charge in [0.1, 0.15) is 5.75 Å². The van der Waals surface area contributed by atoms with E-state index in [0.717, 1.165) is 37.6 Å². The van der Waals surface area contributed by atoms with E-state index in [4.69, 9.17) is 4.74 Å². The molecule has 1 aromatic rings. The third-order valence-electron chi connectivity index (χ3n) is 4.28. The lowest BCUT2D eigenvalue weighted by atomic mass is 10.0. The molecule has 2 N–H and O–H groups in total. The monoisotopic (exact) mass is 347 g/mol. The summed E-state index contributed by atoms with van der Waals surface area (Å²) >= 11 is 0. The molecular weight excluding hydrogens is 325 g/mol. The average molecular weight is 348 g/mol. The number of amides is 1. The van der Waals surface area contributed by atoms with Gasteiger partial charge in [-0.1, -0.05) is 12.1 Å². The molecule has 0 spiro atoms. The minimum Gasteiger partial charge on any atom is -0.495 e. The fourth-order valence-electron chi connectivity index (χ4n) is 3.13. The highest BCUT2D eigenvalue weighted by molar-refractivity contribution is 5.85. The number of carbonyl (C=O) groups excluding carboxylic acids is 1. The molecule has 5 nitrogen and oxygen atoms in total. The predicted octanol–water partition coefficient (Wildman–Crippen LogP) is 1.63. The number of hydrogen-bond donors (Lipinski definition) is 2. The number of rotatable bonds is 4. The molecule has 0 aromatic heterocycles. The third-order valence-corrected chi connectivity index (χ3v) is 4.28. The SMILES string of the molecule is COc1ccccc1NCC(=O)N1C[C@H]2CNC[C@H]2C1.Cl.Cl. The molecular formula is C15H23Cl2N3O2. The molecule has 3 rings (SSSR count). The second-order valence-electron chi connectivity index (χ2n) is 5.53. The number of anilines is 1. The van der Waals surface area contributed by atoms with E-state index in [0.29, 0.717) is 18.4 Å². The zero-order chi connectivity index (χ0) is 13.9. The first-order valence-corrected chi connectivity index (χ1v) is 7.13. The summed E-state index contributed by atoms with van der Waals surface area (Å²) in [5, 5.41) is 6.56. The molecule has 1 aromatic carbocycles. The molecule has 22 heavy (non-hydrogen) atoms. The van der Waals surface area contributed by atoms with E-state index >= 15 is 0 Å². The van der Waals surface area contributed by atoms with E-state index in [9.17, 15) is 4.79 Å². The number of halogens is 2. The number of carbonyl (C=O) groups is 1. The van der Waals surface area contributed by atoms with Gasteiger partial charge in [0, 0.05) is 26.2 Å². The molecule has 0 radical (unpaired) electrons. The Labute approximate surface area is 143 Å². The Bertz CT molecular complexity index is 489. The van der Waals surface area contributed by atoms with Gasteiger partial charge in [0.25, 0.3) is 0 Å². The second kappa shape index (κ2) is 8.46. The van der Waals surface area contributed by atoms with Gasteiger partial charge in [-0.15, -0.1) is 24.8 Å². The van der Waals surface area contributed by atoms with Gasteiger partial charge in [0.05, 0.1) is 19.3 Å². The predicted molar refractivity (Wildman–Crippen MR) is 92.4 cm³/mol. The number of nitrogens with zero attached hydrogens (tertiary/aromatic N) is 1. The summed E-state index contributed by atoms with van der Waals surface area (Å²) in [5.74, 6) is 2.23. The Balaban J connectivity index is 0.00000121. The second-order valence-corrected chi connectivity index (χ2v) is 5.53. The lowest BCUT2D eigenvalue weighted by Crippen LogP contribution is -2.35. The number of fused-ring (bicyclic) bond motifs is 1. The average Bonchev–Trinajstić information content (AvgIpc) is 3.06. The van der Waals surface area contributed by atoms with Crippen LogP contribution in [-0.4, -0.2) is 50.6 Å². The van der Waals surface area contributed by atoms with Crippen LogP contribution in [0.5, 0.6) is 5.75 Å². The summed E-state index contributed by atoms with van der Waals surface area (Å²) in [5.41, 5.74) is 0.865. The van der Waals surface area contributed by atoms with Gasteiger partial charge in [-0.25, -0.2) is 0 Å². The smallest absolute Gasteiger partial charge is 0.241 e. The number of likely N-dealkylation sites (tertiary alicyclic amines) is 1. The fraction of sp³-hybridized carbons (Fsp3) is 0.533. The third kappa shape index (κ3) is 3.97. The lowest BCUT2D eigenvalue weighted by molar-refractivity contribution is -0.128. The van der Waals surface area contributed by atoms with Gasteiger partial charge >= 0.3 is 0 Å². The number of ether oxygens (including phenoxy) is 1. The maximum absolute atomic E-state index is 12.3. The minimum atomic E-state index is 0. The molecule has 2 saturated heterocycles. The van der Waals surface area contributed by atoms with Crippen molar-refractivity contribution in [3.8, 4) is 5.75 Å². The van der Waals surface area contributed by atoms with Crippen molar-refractivity contribution >= 4 is 36.4 Å². The first kappa shape index (κ1) is 18.9. The van der Waals surface area contributed by atoms with Crippen LogP contribution < -0.4 is 15.4 Å². The van der Waals surface area contributed by atoms with Crippen molar-refractivity contribution in [1.29, 1.82) is 0 Å². The van der Waals surface area contributed by atoms with Crippen LogP contribution in [0, 0.1) is 11.8 Å². The Morgan fingerprint density at radius 2 is 1.91 bits per heavy atom. The molecule has 2 atom stereocenters. The number of methoxy groups -OCH3 is 1. The van der Waals surface area contributed by atoms with Crippen molar-refractivity contribution in [1.82, 2.24) is 10.2 Å². The van der Waals surface area contributed by atoms with Gasteiger partial charge < -0.3 is 20.3 Å². The number of para-hydroxylation sites is 2. The van der Waals surface area contributed by atoms with Crippen molar-refractivity contribution in [3.05, 3.63) is 24.3 Å². The van der Waals surface area contributed by atoms with Crippen molar-refractivity contribution in [2.24, 2.45) is 11.8 Å². The normalized spacial score (nSPS) is 22.3. The topological polar surface area (TPSA) is 53.6 Å². The van der Waals surface area contributed by atoms with Crippen LogP contribution >= 0.6 is 24.8 Å². The molecule has 2 aliphatic rings. The van der Waals surface area contributed by atoms with E-state index in [1.807, 2.05) is 29.2 Å².